The molecule has 3 rings (SSSR count). The Balaban J connectivity index is 1.47. The van der Waals surface area contributed by atoms with Crippen molar-refractivity contribution in [3.05, 3.63) is 59.7 Å². The Kier molecular flexibility index (Phi) is 9.64. The van der Waals surface area contributed by atoms with Crippen molar-refractivity contribution in [3.8, 4) is 5.75 Å². The zero-order chi connectivity index (χ0) is 23.5. The summed E-state index contributed by atoms with van der Waals surface area (Å²) in [5.74, 6) is 0.468. The Morgan fingerprint density at radius 3 is 2.58 bits per heavy atom. The summed E-state index contributed by atoms with van der Waals surface area (Å²) in [5, 5.41) is 2.85. The van der Waals surface area contributed by atoms with Crippen molar-refractivity contribution < 1.29 is 27.4 Å². The SMILES string of the molecule is COCCNS(=O)(=O)c1ccc(C(=O)NCc2cccc(OCCN3CCOCC3)c2)cc1. The first kappa shape index (κ1) is 25.1. The van der Waals surface area contributed by atoms with E-state index in [9.17, 15) is 13.2 Å². The van der Waals surface area contributed by atoms with Crippen LogP contribution in [0.5, 0.6) is 5.75 Å². The minimum atomic E-state index is -3.63. The van der Waals surface area contributed by atoms with E-state index in [0.717, 1.165) is 44.2 Å². The molecule has 0 aromatic heterocycles. The molecule has 2 aromatic carbocycles. The fraction of sp³-hybridized carbons (Fsp3) is 0.435. The van der Waals surface area contributed by atoms with Gasteiger partial charge in [0.25, 0.3) is 5.91 Å². The molecule has 0 aliphatic carbocycles. The molecule has 1 heterocycles. The van der Waals surface area contributed by atoms with Crippen molar-refractivity contribution in [3.63, 3.8) is 0 Å². The number of sulfonamides is 1. The molecule has 180 valence electrons. The zero-order valence-electron chi connectivity index (χ0n) is 18.8. The molecule has 1 fully saturated rings. The van der Waals surface area contributed by atoms with Gasteiger partial charge in [0.1, 0.15) is 12.4 Å². The number of amides is 1. The predicted molar refractivity (Wildman–Crippen MR) is 124 cm³/mol. The number of morpholine rings is 1. The van der Waals surface area contributed by atoms with Gasteiger partial charge in [-0.25, -0.2) is 13.1 Å². The van der Waals surface area contributed by atoms with Gasteiger partial charge >= 0.3 is 0 Å². The molecule has 33 heavy (non-hydrogen) atoms. The lowest BCUT2D eigenvalue weighted by atomic mass is 10.2. The molecule has 0 radical (unpaired) electrons. The maximum atomic E-state index is 12.5. The highest BCUT2D eigenvalue weighted by Gasteiger charge is 2.14. The number of carbonyl (C=O) groups excluding carboxylic acids is 1. The Bertz CT molecular complexity index is 992. The van der Waals surface area contributed by atoms with Gasteiger partial charge in [-0.3, -0.25) is 9.69 Å². The van der Waals surface area contributed by atoms with Crippen LogP contribution in [0.1, 0.15) is 15.9 Å². The van der Waals surface area contributed by atoms with Gasteiger partial charge < -0.3 is 19.5 Å². The van der Waals surface area contributed by atoms with Crippen molar-refractivity contribution in [2.45, 2.75) is 11.4 Å². The summed E-state index contributed by atoms with van der Waals surface area (Å²) in [7, 11) is -2.14. The predicted octanol–water partition coefficient (Wildman–Crippen LogP) is 1.25. The first-order valence-electron chi connectivity index (χ1n) is 10.9. The van der Waals surface area contributed by atoms with Crippen molar-refractivity contribution in [2.75, 3.05) is 59.7 Å². The third-order valence-corrected chi connectivity index (χ3v) is 6.63. The van der Waals surface area contributed by atoms with E-state index in [1.165, 1.54) is 31.4 Å². The Labute approximate surface area is 195 Å². The molecule has 0 bridgehead atoms. The molecule has 1 saturated heterocycles. The summed E-state index contributed by atoms with van der Waals surface area (Å²) in [5.41, 5.74) is 1.29. The van der Waals surface area contributed by atoms with E-state index in [-0.39, 0.29) is 24.0 Å². The third kappa shape index (κ3) is 8.09. The molecule has 1 amide bonds. The fourth-order valence-corrected chi connectivity index (χ4v) is 4.31. The lowest BCUT2D eigenvalue weighted by Crippen LogP contribution is -2.38. The smallest absolute Gasteiger partial charge is 0.251 e. The lowest BCUT2D eigenvalue weighted by molar-refractivity contribution is 0.0322. The van der Waals surface area contributed by atoms with Gasteiger partial charge in [-0.2, -0.15) is 0 Å². The molecule has 10 heteroatoms. The zero-order valence-corrected chi connectivity index (χ0v) is 19.6. The van der Waals surface area contributed by atoms with Crippen LogP contribution in [-0.2, 0) is 26.0 Å². The number of benzene rings is 2. The van der Waals surface area contributed by atoms with Gasteiger partial charge in [0.05, 0.1) is 24.7 Å². The maximum Gasteiger partial charge on any atom is 0.251 e. The molecule has 0 spiro atoms. The molecule has 1 aliphatic rings. The standard InChI is InChI=1S/C23H31N3O6S/c1-30-13-9-25-33(28,29)22-7-5-20(6-8-22)23(27)24-18-19-3-2-4-21(17-19)32-16-12-26-10-14-31-15-11-26/h2-8,17,25H,9-16,18H2,1H3,(H,24,27). The molecule has 9 nitrogen and oxygen atoms in total. The van der Waals surface area contributed by atoms with Crippen LogP contribution in [-0.4, -0.2) is 78.9 Å². The van der Waals surface area contributed by atoms with E-state index in [4.69, 9.17) is 14.2 Å². The lowest BCUT2D eigenvalue weighted by Gasteiger charge is -2.26. The van der Waals surface area contributed by atoms with Gasteiger partial charge in [-0.05, 0) is 42.0 Å². The summed E-state index contributed by atoms with van der Waals surface area (Å²) in [6.45, 7) is 5.59. The van der Waals surface area contributed by atoms with Crippen LogP contribution in [0.15, 0.2) is 53.4 Å². The first-order chi connectivity index (χ1) is 16.0. The Morgan fingerprint density at radius 1 is 1.09 bits per heavy atom. The summed E-state index contributed by atoms with van der Waals surface area (Å²) >= 11 is 0. The van der Waals surface area contributed by atoms with Crippen LogP contribution in [0.25, 0.3) is 0 Å². The van der Waals surface area contributed by atoms with Gasteiger partial charge in [0.2, 0.25) is 10.0 Å². The Hall–Kier alpha value is -2.50. The number of hydrogen-bond donors (Lipinski definition) is 2. The van der Waals surface area contributed by atoms with Crippen molar-refractivity contribution in [1.82, 2.24) is 14.9 Å². The topological polar surface area (TPSA) is 106 Å². The number of ether oxygens (including phenoxy) is 3. The first-order valence-corrected chi connectivity index (χ1v) is 12.3. The molecule has 0 saturated carbocycles. The Morgan fingerprint density at radius 2 is 1.85 bits per heavy atom. The highest BCUT2D eigenvalue weighted by molar-refractivity contribution is 7.89. The van der Waals surface area contributed by atoms with Crippen LogP contribution in [0, 0.1) is 0 Å². The highest BCUT2D eigenvalue weighted by atomic mass is 32.2. The van der Waals surface area contributed by atoms with Gasteiger partial charge in [-0.15, -0.1) is 0 Å². The average Bonchev–Trinajstić information content (AvgIpc) is 2.84. The van der Waals surface area contributed by atoms with Crippen molar-refractivity contribution >= 4 is 15.9 Å². The molecular weight excluding hydrogens is 446 g/mol. The van der Waals surface area contributed by atoms with E-state index in [1.807, 2.05) is 24.3 Å². The van der Waals surface area contributed by atoms with Crippen LogP contribution >= 0.6 is 0 Å². The van der Waals surface area contributed by atoms with Gasteiger partial charge in [0.15, 0.2) is 0 Å². The number of nitrogens with one attached hydrogen (secondary N) is 2. The number of carbonyl (C=O) groups is 1. The summed E-state index contributed by atoms with van der Waals surface area (Å²) in [4.78, 5) is 14.9. The highest BCUT2D eigenvalue weighted by Crippen LogP contribution is 2.14. The summed E-state index contributed by atoms with van der Waals surface area (Å²) in [6, 6.07) is 13.4. The second-order valence-corrected chi connectivity index (χ2v) is 9.31. The number of methoxy groups -OCH3 is 1. The monoisotopic (exact) mass is 477 g/mol. The average molecular weight is 478 g/mol. The van der Waals surface area contributed by atoms with E-state index >= 15 is 0 Å². The third-order valence-electron chi connectivity index (χ3n) is 5.16. The van der Waals surface area contributed by atoms with Gasteiger partial charge in [0, 0.05) is 45.4 Å². The molecular formula is C23H31N3O6S. The summed E-state index contributed by atoms with van der Waals surface area (Å²) < 4.78 is 42.9. The van der Waals surface area contributed by atoms with Crippen LogP contribution in [0.2, 0.25) is 0 Å². The number of hydrogen-bond acceptors (Lipinski definition) is 7. The van der Waals surface area contributed by atoms with E-state index in [0.29, 0.717) is 18.7 Å². The second-order valence-electron chi connectivity index (χ2n) is 7.55. The largest absolute Gasteiger partial charge is 0.492 e. The van der Waals surface area contributed by atoms with E-state index < -0.39 is 10.0 Å². The van der Waals surface area contributed by atoms with Crippen LogP contribution in [0.4, 0.5) is 0 Å². The van der Waals surface area contributed by atoms with Crippen molar-refractivity contribution in [2.24, 2.45) is 0 Å². The van der Waals surface area contributed by atoms with E-state index in [2.05, 4.69) is 14.9 Å². The van der Waals surface area contributed by atoms with Gasteiger partial charge in [-0.1, -0.05) is 12.1 Å². The molecule has 2 aromatic rings. The van der Waals surface area contributed by atoms with Crippen LogP contribution < -0.4 is 14.8 Å². The number of rotatable bonds is 12. The fourth-order valence-electron chi connectivity index (χ4n) is 3.29. The number of nitrogens with zero attached hydrogens (tertiary/aromatic N) is 1. The normalized spacial score (nSPS) is 14.7. The minimum Gasteiger partial charge on any atom is -0.492 e. The molecule has 2 N–H and O–H groups in total. The molecule has 0 unspecified atom stereocenters. The van der Waals surface area contributed by atoms with Crippen molar-refractivity contribution in [1.29, 1.82) is 0 Å². The maximum absolute atomic E-state index is 12.5. The molecule has 0 atom stereocenters. The van der Waals surface area contributed by atoms with E-state index in [1.54, 1.807) is 0 Å². The summed E-state index contributed by atoms with van der Waals surface area (Å²) in [6.07, 6.45) is 0. The second kappa shape index (κ2) is 12.7. The minimum absolute atomic E-state index is 0.0945. The molecule has 1 aliphatic heterocycles. The quantitative estimate of drug-likeness (QED) is 0.443. The van der Waals surface area contributed by atoms with Crippen LogP contribution in [0.3, 0.4) is 0 Å².